The van der Waals surface area contributed by atoms with E-state index in [1.807, 2.05) is 0 Å². The summed E-state index contributed by atoms with van der Waals surface area (Å²) in [5.41, 5.74) is -0.774. The molecule has 2 atom stereocenters. The average molecular weight is 284 g/mol. The number of amides is 1. The molecule has 2 aliphatic heterocycles. The van der Waals surface area contributed by atoms with E-state index in [1.165, 1.54) is 12.8 Å². The van der Waals surface area contributed by atoms with E-state index in [0.29, 0.717) is 50.9 Å². The summed E-state index contributed by atoms with van der Waals surface area (Å²) in [6.45, 7) is 5.79. The zero-order chi connectivity index (χ0) is 14.4. The molecule has 20 heavy (non-hydrogen) atoms. The van der Waals surface area contributed by atoms with Crippen molar-refractivity contribution in [1.29, 1.82) is 0 Å². The molecule has 0 radical (unpaired) electrons. The van der Waals surface area contributed by atoms with Gasteiger partial charge in [0.25, 0.3) is 0 Å². The van der Waals surface area contributed by atoms with Crippen LogP contribution in [0.5, 0.6) is 0 Å². The lowest BCUT2D eigenvalue weighted by Gasteiger charge is -2.32. The van der Waals surface area contributed by atoms with Crippen molar-refractivity contribution in [2.24, 2.45) is 11.8 Å². The van der Waals surface area contributed by atoms with Crippen LogP contribution in [0.3, 0.4) is 0 Å². The van der Waals surface area contributed by atoms with Gasteiger partial charge in [0, 0.05) is 39.0 Å². The van der Waals surface area contributed by atoms with E-state index in [-0.39, 0.29) is 5.91 Å². The van der Waals surface area contributed by atoms with Crippen molar-refractivity contribution in [3.8, 4) is 0 Å². The number of rotatable bonds is 5. The maximum Gasteiger partial charge on any atom is 0.220 e. The van der Waals surface area contributed by atoms with Crippen LogP contribution in [0.15, 0.2) is 0 Å². The number of aliphatic hydroxyl groups is 1. The molecule has 0 aliphatic carbocycles. The molecule has 2 fully saturated rings. The quantitative estimate of drug-likeness (QED) is 0.694. The highest BCUT2D eigenvalue weighted by molar-refractivity contribution is 5.76. The van der Waals surface area contributed by atoms with Gasteiger partial charge in [-0.25, -0.2) is 0 Å². The molecule has 0 saturated carbocycles. The van der Waals surface area contributed by atoms with Crippen LogP contribution in [0.25, 0.3) is 0 Å². The van der Waals surface area contributed by atoms with E-state index in [1.54, 1.807) is 0 Å². The van der Waals surface area contributed by atoms with Gasteiger partial charge < -0.3 is 20.5 Å². The van der Waals surface area contributed by atoms with E-state index in [9.17, 15) is 9.90 Å². The van der Waals surface area contributed by atoms with Gasteiger partial charge in [-0.1, -0.05) is 6.92 Å². The highest BCUT2D eigenvalue weighted by Gasteiger charge is 2.30. The number of carbonyl (C=O) groups is 1. The van der Waals surface area contributed by atoms with Crippen molar-refractivity contribution in [3.63, 3.8) is 0 Å². The van der Waals surface area contributed by atoms with Crippen LogP contribution in [0.1, 0.15) is 39.0 Å². The van der Waals surface area contributed by atoms with E-state index in [0.717, 1.165) is 13.1 Å². The van der Waals surface area contributed by atoms with Crippen LogP contribution in [-0.4, -0.2) is 49.5 Å². The van der Waals surface area contributed by atoms with Gasteiger partial charge in [0.2, 0.25) is 5.91 Å². The molecule has 0 aromatic heterocycles. The summed E-state index contributed by atoms with van der Waals surface area (Å²) in [7, 11) is 0. The van der Waals surface area contributed by atoms with Gasteiger partial charge >= 0.3 is 0 Å². The van der Waals surface area contributed by atoms with Crippen LogP contribution in [-0.2, 0) is 9.53 Å². The van der Waals surface area contributed by atoms with Gasteiger partial charge in [-0.15, -0.1) is 0 Å². The molecule has 0 bridgehead atoms. The molecular formula is C15H28N2O3. The molecule has 1 amide bonds. The monoisotopic (exact) mass is 284 g/mol. The number of carbonyl (C=O) groups excluding carboxylic acids is 1. The predicted molar refractivity (Wildman–Crippen MR) is 77.4 cm³/mol. The first-order valence-corrected chi connectivity index (χ1v) is 7.87. The molecule has 2 rings (SSSR count). The van der Waals surface area contributed by atoms with Crippen molar-refractivity contribution in [1.82, 2.24) is 10.6 Å². The second kappa shape index (κ2) is 7.38. The molecule has 2 aliphatic rings. The third kappa shape index (κ3) is 4.72. The number of hydrogen-bond acceptors (Lipinski definition) is 4. The van der Waals surface area contributed by atoms with Crippen LogP contribution in [0, 0.1) is 11.8 Å². The van der Waals surface area contributed by atoms with Crippen LogP contribution in [0.2, 0.25) is 0 Å². The summed E-state index contributed by atoms with van der Waals surface area (Å²) in [4.78, 5) is 12.0. The standard InChI is InChI=1S/C15H28N2O3/c1-12(13-3-2-6-16-10-13)9-14(18)17-11-15(19)4-7-20-8-5-15/h12-13,16,19H,2-11H2,1H3,(H,17,18). The molecule has 0 spiro atoms. The number of hydrogen-bond donors (Lipinski definition) is 3. The third-order valence-electron chi connectivity index (χ3n) is 4.69. The van der Waals surface area contributed by atoms with Crippen LogP contribution in [0.4, 0.5) is 0 Å². The molecule has 116 valence electrons. The van der Waals surface area contributed by atoms with Crippen molar-refractivity contribution in [2.45, 2.75) is 44.6 Å². The topological polar surface area (TPSA) is 70.6 Å². The van der Waals surface area contributed by atoms with E-state index in [4.69, 9.17) is 4.74 Å². The molecule has 0 aromatic carbocycles. The normalized spacial score (nSPS) is 27.8. The number of piperidine rings is 1. The lowest BCUT2D eigenvalue weighted by atomic mass is 9.85. The van der Waals surface area contributed by atoms with E-state index in [2.05, 4.69) is 17.6 Å². The number of ether oxygens (including phenoxy) is 1. The fraction of sp³-hybridized carbons (Fsp3) is 0.933. The Kier molecular flexibility index (Phi) is 5.81. The van der Waals surface area contributed by atoms with Crippen molar-refractivity contribution in [2.75, 3.05) is 32.8 Å². The largest absolute Gasteiger partial charge is 0.388 e. The highest BCUT2D eigenvalue weighted by Crippen LogP contribution is 2.23. The fourth-order valence-corrected chi connectivity index (χ4v) is 3.09. The molecule has 2 unspecified atom stereocenters. The summed E-state index contributed by atoms with van der Waals surface area (Å²) in [5.74, 6) is 1.05. The summed E-state index contributed by atoms with van der Waals surface area (Å²) >= 11 is 0. The molecule has 3 N–H and O–H groups in total. The first kappa shape index (κ1) is 15.7. The molecular weight excluding hydrogens is 256 g/mol. The first-order valence-electron chi connectivity index (χ1n) is 7.87. The minimum absolute atomic E-state index is 0.0583. The Labute approximate surface area is 121 Å². The summed E-state index contributed by atoms with van der Waals surface area (Å²) < 4.78 is 5.24. The number of nitrogens with one attached hydrogen (secondary N) is 2. The smallest absolute Gasteiger partial charge is 0.220 e. The van der Waals surface area contributed by atoms with Gasteiger partial charge in [0.05, 0.1) is 5.60 Å². The average Bonchev–Trinajstić information content (AvgIpc) is 2.47. The van der Waals surface area contributed by atoms with Gasteiger partial charge in [0.1, 0.15) is 0 Å². The third-order valence-corrected chi connectivity index (χ3v) is 4.69. The summed E-state index contributed by atoms with van der Waals surface area (Å²) in [6.07, 6.45) is 4.18. The highest BCUT2D eigenvalue weighted by atomic mass is 16.5. The lowest BCUT2D eigenvalue weighted by Crippen LogP contribution is -2.47. The Hall–Kier alpha value is -0.650. The van der Waals surface area contributed by atoms with Crippen molar-refractivity contribution in [3.05, 3.63) is 0 Å². The van der Waals surface area contributed by atoms with Crippen molar-refractivity contribution >= 4 is 5.91 Å². The lowest BCUT2D eigenvalue weighted by molar-refractivity contribution is -0.125. The summed E-state index contributed by atoms with van der Waals surface area (Å²) in [5, 5.41) is 16.6. The van der Waals surface area contributed by atoms with Crippen molar-refractivity contribution < 1.29 is 14.6 Å². The maximum atomic E-state index is 12.0. The van der Waals surface area contributed by atoms with E-state index < -0.39 is 5.60 Å². The second-order valence-electron chi connectivity index (χ2n) is 6.40. The minimum atomic E-state index is -0.774. The fourth-order valence-electron chi connectivity index (χ4n) is 3.09. The summed E-state index contributed by atoms with van der Waals surface area (Å²) in [6, 6.07) is 0. The Balaban J connectivity index is 1.69. The van der Waals surface area contributed by atoms with Gasteiger partial charge in [-0.2, -0.15) is 0 Å². The van der Waals surface area contributed by atoms with Crippen LogP contribution < -0.4 is 10.6 Å². The molecule has 5 heteroatoms. The zero-order valence-corrected chi connectivity index (χ0v) is 12.5. The molecule has 2 saturated heterocycles. The molecule has 0 aromatic rings. The van der Waals surface area contributed by atoms with Crippen LogP contribution >= 0.6 is 0 Å². The predicted octanol–water partition coefficient (Wildman–Crippen LogP) is 0.670. The van der Waals surface area contributed by atoms with Gasteiger partial charge in [0.15, 0.2) is 0 Å². The Morgan fingerprint density at radius 3 is 2.90 bits per heavy atom. The van der Waals surface area contributed by atoms with Gasteiger partial charge in [-0.3, -0.25) is 4.79 Å². The van der Waals surface area contributed by atoms with Gasteiger partial charge in [-0.05, 0) is 37.8 Å². The second-order valence-corrected chi connectivity index (χ2v) is 6.40. The minimum Gasteiger partial charge on any atom is -0.388 e. The van der Waals surface area contributed by atoms with E-state index >= 15 is 0 Å². The zero-order valence-electron chi connectivity index (χ0n) is 12.5. The Bertz CT molecular complexity index is 310. The SMILES string of the molecule is CC(CC(=O)NCC1(O)CCOCC1)C1CCCNC1. The maximum absolute atomic E-state index is 12.0. The first-order chi connectivity index (χ1) is 9.59. The molecule has 2 heterocycles. The Morgan fingerprint density at radius 1 is 1.50 bits per heavy atom. The Morgan fingerprint density at radius 2 is 2.25 bits per heavy atom. The molecule has 5 nitrogen and oxygen atoms in total.